The van der Waals surface area contributed by atoms with Gasteiger partial charge in [0, 0.05) is 18.0 Å². The summed E-state index contributed by atoms with van der Waals surface area (Å²) in [6, 6.07) is 0. The van der Waals surface area contributed by atoms with Crippen LogP contribution in [-0.4, -0.2) is 35.1 Å². The van der Waals surface area contributed by atoms with Crippen LogP contribution in [0.2, 0.25) is 0 Å². The van der Waals surface area contributed by atoms with Crippen LogP contribution in [0.1, 0.15) is 23.8 Å². The van der Waals surface area contributed by atoms with Crippen LogP contribution in [0.25, 0.3) is 10.2 Å². The smallest absolute Gasteiger partial charge is 0.262 e. The summed E-state index contributed by atoms with van der Waals surface area (Å²) in [5, 5.41) is 6.63. The number of thiophene rings is 1. The lowest BCUT2D eigenvalue weighted by molar-refractivity contribution is -0.121. The first-order valence-electron chi connectivity index (χ1n) is 7.47. The highest BCUT2D eigenvalue weighted by Crippen LogP contribution is 2.25. The van der Waals surface area contributed by atoms with Crippen LogP contribution in [0, 0.1) is 13.8 Å². The molecule has 0 atom stereocenters. The van der Waals surface area contributed by atoms with E-state index in [2.05, 4.69) is 22.5 Å². The maximum Gasteiger partial charge on any atom is 0.262 e. The lowest BCUT2D eigenvalue weighted by Gasteiger charge is -2.08. The Labute approximate surface area is 145 Å². The van der Waals surface area contributed by atoms with Crippen LogP contribution < -0.4 is 16.2 Å². The highest BCUT2D eigenvalue weighted by Gasteiger charge is 2.13. The van der Waals surface area contributed by atoms with Gasteiger partial charge in [0.05, 0.1) is 11.7 Å². The Kier molecular flexibility index (Phi) is 7.67. The van der Waals surface area contributed by atoms with Gasteiger partial charge in [-0.2, -0.15) is 0 Å². The Balaban J connectivity index is 0.00000264. The zero-order chi connectivity index (χ0) is 16.1. The third kappa shape index (κ3) is 4.76. The van der Waals surface area contributed by atoms with Crippen molar-refractivity contribution in [1.29, 1.82) is 0 Å². The maximum atomic E-state index is 12.5. The summed E-state index contributed by atoms with van der Waals surface area (Å²) < 4.78 is 1.37. The van der Waals surface area contributed by atoms with E-state index in [1.54, 1.807) is 0 Å². The Hall–Kier alpha value is -1.44. The highest BCUT2D eigenvalue weighted by molar-refractivity contribution is 7.18. The minimum Gasteiger partial charge on any atom is -0.353 e. The lowest BCUT2D eigenvalue weighted by Crippen LogP contribution is -2.36. The quantitative estimate of drug-likeness (QED) is 0.737. The Morgan fingerprint density at radius 1 is 1.30 bits per heavy atom. The van der Waals surface area contributed by atoms with Crippen molar-refractivity contribution in [2.75, 3.05) is 19.6 Å². The average Bonchev–Trinajstić information content (AvgIpc) is 2.78. The first kappa shape index (κ1) is 19.6. The molecule has 0 radical (unpaired) electrons. The summed E-state index contributed by atoms with van der Waals surface area (Å²) in [6.45, 7) is 8.21. The number of carbonyl (C=O) groups is 1. The number of hydrogen-bond acceptors (Lipinski definition) is 5. The van der Waals surface area contributed by atoms with Crippen LogP contribution in [0.15, 0.2) is 11.1 Å². The number of halogens is 1. The van der Waals surface area contributed by atoms with E-state index >= 15 is 0 Å². The number of carbonyl (C=O) groups excluding carboxylic acids is 1. The van der Waals surface area contributed by atoms with E-state index in [1.165, 1.54) is 22.2 Å². The first-order chi connectivity index (χ1) is 10.5. The molecule has 2 rings (SSSR count). The summed E-state index contributed by atoms with van der Waals surface area (Å²) in [7, 11) is 0. The second-order valence-electron chi connectivity index (χ2n) is 5.24. The van der Waals surface area contributed by atoms with E-state index < -0.39 is 0 Å². The Bertz CT molecular complexity index is 726. The molecule has 0 fully saturated rings. The largest absolute Gasteiger partial charge is 0.353 e. The summed E-state index contributed by atoms with van der Waals surface area (Å²) >= 11 is 1.51. The topological polar surface area (TPSA) is 76.0 Å². The number of aryl methyl sites for hydroxylation is 2. The van der Waals surface area contributed by atoms with Crippen molar-refractivity contribution >= 4 is 39.9 Å². The van der Waals surface area contributed by atoms with Gasteiger partial charge in [0.15, 0.2) is 0 Å². The number of hydrogen-bond donors (Lipinski definition) is 2. The van der Waals surface area contributed by atoms with Gasteiger partial charge in [-0.15, -0.1) is 23.7 Å². The van der Waals surface area contributed by atoms with Crippen LogP contribution in [0.4, 0.5) is 0 Å². The Morgan fingerprint density at radius 3 is 2.74 bits per heavy atom. The standard InChI is InChI=1S/C15H22N4O2S.ClH/c1-4-5-16-6-7-17-12(20)8-19-9-18-14-13(15(19)21)10(2)11(3)22-14;/h9,16H,4-8H2,1-3H3,(H,17,20);1H. The predicted octanol–water partition coefficient (Wildman–Crippen LogP) is 1.61. The molecule has 23 heavy (non-hydrogen) atoms. The molecule has 1 amide bonds. The maximum absolute atomic E-state index is 12.5. The molecule has 0 aliphatic heterocycles. The normalized spacial score (nSPS) is 10.6. The molecule has 0 aliphatic carbocycles. The van der Waals surface area contributed by atoms with E-state index in [9.17, 15) is 9.59 Å². The van der Waals surface area contributed by atoms with Gasteiger partial charge in [-0.25, -0.2) is 4.98 Å². The van der Waals surface area contributed by atoms with Gasteiger partial charge < -0.3 is 10.6 Å². The van der Waals surface area contributed by atoms with Gasteiger partial charge >= 0.3 is 0 Å². The van der Waals surface area contributed by atoms with Crippen molar-refractivity contribution in [3.8, 4) is 0 Å². The molecule has 0 unspecified atom stereocenters. The van der Waals surface area contributed by atoms with Gasteiger partial charge in [0.2, 0.25) is 5.91 Å². The molecule has 0 saturated carbocycles. The number of nitrogens with one attached hydrogen (secondary N) is 2. The third-order valence-electron chi connectivity index (χ3n) is 3.52. The molecule has 0 saturated heterocycles. The zero-order valence-electron chi connectivity index (χ0n) is 13.6. The van der Waals surface area contributed by atoms with E-state index in [0.717, 1.165) is 34.8 Å². The fraction of sp³-hybridized carbons (Fsp3) is 0.533. The van der Waals surface area contributed by atoms with Gasteiger partial charge in [0.1, 0.15) is 11.4 Å². The number of rotatable bonds is 7. The van der Waals surface area contributed by atoms with Crippen LogP contribution >= 0.6 is 23.7 Å². The molecule has 0 spiro atoms. The van der Waals surface area contributed by atoms with Crippen LogP contribution in [0.5, 0.6) is 0 Å². The molecule has 2 aromatic heterocycles. The number of aromatic nitrogens is 2. The summed E-state index contributed by atoms with van der Waals surface area (Å²) in [5.74, 6) is -0.175. The van der Waals surface area contributed by atoms with Crippen molar-refractivity contribution in [3.05, 3.63) is 27.1 Å². The SMILES string of the molecule is CCCNCCNC(=O)Cn1cnc2sc(C)c(C)c2c1=O.Cl. The third-order valence-corrected chi connectivity index (χ3v) is 4.64. The van der Waals surface area contributed by atoms with E-state index in [0.29, 0.717) is 11.9 Å². The predicted molar refractivity (Wildman–Crippen MR) is 96.8 cm³/mol. The summed E-state index contributed by atoms with van der Waals surface area (Å²) in [4.78, 5) is 30.5. The van der Waals surface area contributed by atoms with Crippen molar-refractivity contribution < 1.29 is 4.79 Å². The second-order valence-corrected chi connectivity index (χ2v) is 6.44. The zero-order valence-corrected chi connectivity index (χ0v) is 15.3. The summed E-state index contributed by atoms with van der Waals surface area (Å²) in [6.07, 6.45) is 2.52. The monoisotopic (exact) mass is 358 g/mol. The van der Waals surface area contributed by atoms with Gasteiger partial charge in [-0.3, -0.25) is 14.2 Å². The number of nitrogens with zero attached hydrogens (tertiary/aromatic N) is 2. The molecule has 0 bridgehead atoms. The minimum atomic E-state index is -0.175. The van der Waals surface area contributed by atoms with Crippen molar-refractivity contribution in [3.63, 3.8) is 0 Å². The van der Waals surface area contributed by atoms with Crippen LogP contribution in [-0.2, 0) is 11.3 Å². The minimum absolute atomic E-state index is 0. The van der Waals surface area contributed by atoms with Gasteiger partial charge in [-0.1, -0.05) is 6.92 Å². The van der Waals surface area contributed by atoms with Crippen LogP contribution in [0.3, 0.4) is 0 Å². The number of amides is 1. The molecule has 0 aliphatic rings. The molecule has 2 N–H and O–H groups in total. The molecule has 2 aromatic rings. The second kappa shape index (κ2) is 9.00. The molecular formula is C15H23ClN4O2S. The van der Waals surface area contributed by atoms with E-state index in [1.807, 2.05) is 13.8 Å². The molecule has 2 heterocycles. The summed E-state index contributed by atoms with van der Waals surface area (Å²) in [5.41, 5.74) is 0.808. The molecule has 6 nitrogen and oxygen atoms in total. The fourth-order valence-corrected chi connectivity index (χ4v) is 3.17. The van der Waals surface area contributed by atoms with Crippen molar-refractivity contribution in [2.24, 2.45) is 0 Å². The fourth-order valence-electron chi connectivity index (χ4n) is 2.19. The van der Waals surface area contributed by atoms with E-state index in [-0.39, 0.29) is 30.4 Å². The van der Waals surface area contributed by atoms with Gasteiger partial charge in [0.25, 0.3) is 5.56 Å². The highest BCUT2D eigenvalue weighted by atomic mass is 35.5. The van der Waals surface area contributed by atoms with Gasteiger partial charge in [-0.05, 0) is 32.4 Å². The number of fused-ring (bicyclic) bond motifs is 1. The van der Waals surface area contributed by atoms with Crippen molar-refractivity contribution in [1.82, 2.24) is 20.2 Å². The lowest BCUT2D eigenvalue weighted by atomic mass is 10.2. The molecule has 0 aromatic carbocycles. The molecule has 128 valence electrons. The Morgan fingerprint density at radius 2 is 2.04 bits per heavy atom. The molecule has 8 heteroatoms. The average molecular weight is 359 g/mol. The molecular weight excluding hydrogens is 336 g/mol. The van der Waals surface area contributed by atoms with E-state index in [4.69, 9.17) is 0 Å². The first-order valence-corrected chi connectivity index (χ1v) is 8.28. The van der Waals surface area contributed by atoms with Crippen molar-refractivity contribution in [2.45, 2.75) is 33.7 Å².